The van der Waals surface area contributed by atoms with Crippen LogP contribution >= 0.6 is 0 Å². The number of nitrogens with zero attached hydrogens (tertiary/aromatic N) is 2. The molecule has 1 aromatic rings. The quantitative estimate of drug-likeness (QED) is 0.673. The summed E-state index contributed by atoms with van der Waals surface area (Å²) < 4.78 is 17.0. The summed E-state index contributed by atoms with van der Waals surface area (Å²) in [6.07, 6.45) is -0.549. The molecule has 26 heavy (non-hydrogen) atoms. The van der Waals surface area contributed by atoms with Gasteiger partial charge in [0.1, 0.15) is 24.6 Å². The molecule has 0 aliphatic carbocycles. The number of aromatic nitrogens is 2. The zero-order chi connectivity index (χ0) is 19.5. The predicted molar refractivity (Wildman–Crippen MR) is 87.9 cm³/mol. The number of nitrogen functional groups attached to an aromatic ring is 1. The molecule has 0 bridgehead atoms. The second kappa shape index (κ2) is 7.65. The van der Waals surface area contributed by atoms with Crippen LogP contribution in [0.25, 0.3) is 0 Å². The van der Waals surface area contributed by atoms with E-state index in [1.165, 1.54) is 26.1 Å². The predicted octanol–water partition coefficient (Wildman–Crippen LogP) is -0.259. The van der Waals surface area contributed by atoms with Gasteiger partial charge in [0, 0.05) is 32.9 Å². The molecule has 0 saturated carbocycles. The van der Waals surface area contributed by atoms with Crippen molar-refractivity contribution in [1.29, 1.82) is 0 Å². The van der Waals surface area contributed by atoms with Gasteiger partial charge in [-0.1, -0.05) is 6.92 Å². The summed E-state index contributed by atoms with van der Waals surface area (Å²) in [5.41, 5.74) is 3.00. The standard InChI is InChI=1S/C16H21N3O7/c1-4-13(22)16(19-6-5-14(17)18-15(19)23)7-11(25-10(3)21)12(26-16)8-24-9(2)20/h5-6,11-12H,4,7-8H2,1-3H3,(H2,17,18,23)/t11-,12+,16-/m0/s1. The first kappa shape index (κ1) is 19.6. The first-order valence-electron chi connectivity index (χ1n) is 8.07. The third-order valence-corrected chi connectivity index (χ3v) is 3.98. The maximum atomic E-state index is 12.7. The van der Waals surface area contributed by atoms with Crippen LogP contribution in [0.4, 0.5) is 5.82 Å². The largest absolute Gasteiger partial charge is 0.463 e. The molecule has 10 nitrogen and oxygen atoms in total. The number of carbonyl (C=O) groups is 3. The summed E-state index contributed by atoms with van der Waals surface area (Å²) in [4.78, 5) is 51.1. The van der Waals surface area contributed by atoms with E-state index in [0.29, 0.717) is 0 Å². The summed E-state index contributed by atoms with van der Waals surface area (Å²) in [7, 11) is 0. The Hall–Kier alpha value is -2.75. The third-order valence-electron chi connectivity index (χ3n) is 3.98. The summed E-state index contributed by atoms with van der Waals surface area (Å²) in [5, 5.41) is 0. The Morgan fingerprint density at radius 2 is 2.08 bits per heavy atom. The first-order valence-corrected chi connectivity index (χ1v) is 8.07. The Morgan fingerprint density at radius 1 is 1.38 bits per heavy atom. The number of hydrogen-bond acceptors (Lipinski definition) is 9. The summed E-state index contributed by atoms with van der Waals surface area (Å²) >= 11 is 0. The molecule has 0 spiro atoms. The van der Waals surface area contributed by atoms with Gasteiger partial charge in [0.2, 0.25) is 5.72 Å². The van der Waals surface area contributed by atoms with Crippen LogP contribution < -0.4 is 11.4 Å². The molecular formula is C16H21N3O7. The van der Waals surface area contributed by atoms with E-state index < -0.39 is 41.3 Å². The van der Waals surface area contributed by atoms with Gasteiger partial charge >= 0.3 is 17.6 Å². The van der Waals surface area contributed by atoms with E-state index >= 15 is 0 Å². The minimum Gasteiger partial charge on any atom is -0.463 e. The lowest BCUT2D eigenvalue weighted by Gasteiger charge is -2.29. The van der Waals surface area contributed by atoms with E-state index in [4.69, 9.17) is 19.9 Å². The van der Waals surface area contributed by atoms with Gasteiger partial charge in [-0.15, -0.1) is 0 Å². The molecule has 1 aliphatic heterocycles. The zero-order valence-electron chi connectivity index (χ0n) is 14.8. The summed E-state index contributed by atoms with van der Waals surface area (Å²) in [5.74, 6) is -1.56. The highest BCUT2D eigenvalue weighted by atomic mass is 16.6. The minimum atomic E-state index is -1.72. The monoisotopic (exact) mass is 367 g/mol. The molecule has 0 unspecified atom stereocenters. The van der Waals surface area contributed by atoms with Crippen molar-refractivity contribution in [3.63, 3.8) is 0 Å². The molecule has 0 amide bonds. The molecule has 0 aromatic carbocycles. The van der Waals surface area contributed by atoms with Crippen molar-refractivity contribution in [3.8, 4) is 0 Å². The third kappa shape index (κ3) is 3.90. The molecular weight excluding hydrogens is 346 g/mol. The van der Waals surface area contributed by atoms with Crippen LogP contribution in [0.15, 0.2) is 17.1 Å². The van der Waals surface area contributed by atoms with Gasteiger partial charge < -0.3 is 19.9 Å². The lowest BCUT2D eigenvalue weighted by Crippen LogP contribution is -2.48. The number of Topliss-reactive ketones (excluding diaryl/α,β-unsaturated/α-hetero) is 1. The Kier molecular flexibility index (Phi) is 5.76. The topological polar surface area (TPSA) is 140 Å². The van der Waals surface area contributed by atoms with Gasteiger partial charge in [-0.05, 0) is 6.07 Å². The molecule has 2 N–H and O–H groups in total. The van der Waals surface area contributed by atoms with Gasteiger partial charge in [-0.2, -0.15) is 4.98 Å². The van der Waals surface area contributed by atoms with Crippen LogP contribution in [0.5, 0.6) is 0 Å². The highest BCUT2D eigenvalue weighted by molar-refractivity contribution is 5.85. The zero-order valence-corrected chi connectivity index (χ0v) is 14.8. The van der Waals surface area contributed by atoms with Crippen LogP contribution in [-0.2, 0) is 34.3 Å². The molecule has 1 aliphatic rings. The molecule has 1 fully saturated rings. The number of ether oxygens (including phenoxy) is 3. The highest BCUT2D eigenvalue weighted by Crippen LogP contribution is 2.38. The molecule has 1 aromatic heterocycles. The number of rotatable bonds is 6. The molecule has 2 rings (SSSR count). The maximum absolute atomic E-state index is 12.7. The fourth-order valence-electron chi connectivity index (χ4n) is 2.89. The van der Waals surface area contributed by atoms with Crippen LogP contribution in [0.2, 0.25) is 0 Å². The van der Waals surface area contributed by atoms with Crippen molar-refractivity contribution >= 4 is 23.5 Å². The Bertz CT molecular complexity index is 775. The van der Waals surface area contributed by atoms with E-state index in [2.05, 4.69) is 4.98 Å². The molecule has 1 saturated heterocycles. The van der Waals surface area contributed by atoms with E-state index in [-0.39, 0.29) is 25.3 Å². The van der Waals surface area contributed by atoms with Crippen LogP contribution in [0.1, 0.15) is 33.6 Å². The number of ketones is 1. The van der Waals surface area contributed by atoms with Crippen LogP contribution in [0, 0.1) is 0 Å². The number of esters is 2. The summed E-state index contributed by atoms with van der Waals surface area (Å²) in [6, 6.07) is 1.36. The summed E-state index contributed by atoms with van der Waals surface area (Å²) in [6.45, 7) is 3.81. The van der Waals surface area contributed by atoms with Gasteiger partial charge in [0.15, 0.2) is 5.78 Å². The van der Waals surface area contributed by atoms with Gasteiger partial charge in [0.05, 0.1) is 0 Å². The number of anilines is 1. The molecule has 10 heteroatoms. The smallest absolute Gasteiger partial charge is 0.352 e. The second-order valence-electron chi connectivity index (χ2n) is 5.88. The van der Waals surface area contributed by atoms with E-state index in [9.17, 15) is 19.2 Å². The average molecular weight is 367 g/mol. The van der Waals surface area contributed by atoms with Gasteiger partial charge in [0.25, 0.3) is 0 Å². The highest BCUT2D eigenvalue weighted by Gasteiger charge is 2.54. The second-order valence-corrected chi connectivity index (χ2v) is 5.88. The van der Waals surface area contributed by atoms with Gasteiger partial charge in [-0.25, -0.2) is 4.79 Å². The Labute approximate surface area is 149 Å². The van der Waals surface area contributed by atoms with Crippen LogP contribution in [0.3, 0.4) is 0 Å². The van der Waals surface area contributed by atoms with Crippen LogP contribution in [-0.4, -0.2) is 46.1 Å². The van der Waals surface area contributed by atoms with E-state index in [1.807, 2.05) is 0 Å². The fraction of sp³-hybridized carbons (Fsp3) is 0.562. The number of carbonyl (C=O) groups excluding carboxylic acids is 3. The fourth-order valence-corrected chi connectivity index (χ4v) is 2.89. The van der Waals surface area contributed by atoms with Gasteiger partial charge in [-0.3, -0.25) is 19.0 Å². The SMILES string of the molecule is CCC(=O)[C@]1(n2ccc(N)nc2=O)C[C@H](OC(C)=O)[C@@H](COC(C)=O)O1. The van der Waals surface area contributed by atoms with Crippen molar-refractivity contribution in [2.24, 2.45) is 0 Å². The van der Waals surface area contributed by atoms with Crippen molar-refractivity contribution in [1.82, 2.24) is 9.55 Å². The lowest BCUT2D eigenvalue weighted by atomic mass is 9.99. The van der Waals surface area contributed by atoms with Crippen molar-refractivity contribution < 1.29 is 28.6 Å². The Morgan fingerprint density at radius 3 is 2.62 bits per heavy atom. The maximum Gasteiger partial charge on any atom is 0.352 e. The number of nitrogens with two attached hydrogens (primary N) is 1. The normalized spacial score (nSPS) is 24.9. The van der Waals surface area contributed by atoms with Crippen molar-refractivity contribution in [2.45, 2.75) is 51.5 Å². The number of hydrogen-bond donors (Lipinski definition) is 1. The first-order chi connectivity index (χ1) is 12.2. The van der Waals surface area contributed by atoms with E-state index in [0.717, 1.165) is 4.57 Å². The van der Waals surface area contributed by atoms with E-state index in [1.54, 1.807) is 6.92 Å². The average Bonchev–Trinajstić information content (AvgIpc) is 2.90. The van der Waals surface area contributed by atoms with Crippen molar-refractivity contribution in [3.05, 3.63) is 22.7 Å². The molecule has 142 valence electrons. The molecule has 3 atom stereocenters. The molecule has 2 heterocycles. The lowest BCUT2D eigenvalue weighted by molar-refractivity contribution is -0.169. The Balaban J connectivity index is 2.47. The molecule has 0 radical (unpaired) electrons. The van der Waals surface area contributed by atoms with Crippen molar-refractivity contribution in [2.75, 3.05) is 12.3 Å². The minimum absolute atomic E-state index is 0.00339.